The standard InChI is InChI=1S/C17H16BrFN2/c1-12(13-5-3-2-4-6-13)9-10-21-15-8-7-14(11-20)16(18)17(15)19/h2-8,12,21H,9-10H2,1H3. The smallest absolute Gasteiger partial charge is 0.161 e. The molecule has 0 saturated heterocycles. The lowest BCUT2D eigenvalue weighted by atomic mass is 9.98. The lowest BCUT2D eigenvalue weighted by Gasteiger charge is -2.14. The van der Waals surface area contributed by atoms with E-state index < -0.39 is 5.82 Å². The number of hydrogen-bond acceptors (Lipinski definition) is 2. The summed E-state index contributed by atoms with van der Waals surface area (Å²) in [4.78, 5) is 0. The SMILES string of the molecule is CC(CCNc1ccc(C#N)c(Br)c1F)c1ccccc1. The molecule has 0 radical (unpaired) electrons. The summed E-state index contributed by atoms with van der Waals surface area (Å²) in [6.45, 7) is 2.83. The highest BCUT2D eigenvalue weighted by atomic mass is 79.9. The van der Waals surface area contributed by atoms with E-state index in [1.54, 1.807) is 12.1 Å². The zero-order chi connectivity index (χ0) is 15.2. The average molecular weight is 347 g/mol. The van der Waals surface area contributed by atoms with Gasteiger partial charge in [0.2, 0.25) is 0 Å². The molecule has 0 aliphatic heterocycles. The van der Waals surface area contributed by atoms with Crippen LogP contribution in [0.1, 0.15) is 30.4 Å². The van der Waals surface area contributed by atoms with Gasteiger partial charge < -0.3 is 5.32 Å². The van der Waals surface area contributed by atoms with Crippen LogP contribution in [-0.4, -0.2) is 6.54 Å². The number of nitrogens with zero attached hydrogens (tertiary/aromatic N) is 1. The van der Waals surface area contributed by atoms with Gasteiger partial charge in [-0.05, 0) is 46.0 Å². The van der Waals surface area contributed by atoms with Crippen LogP contribution in [-0.2, 0) is 0 Å². The van der Waals surface area contributed by atoms with Gasteiger partial charge in [0.15, 0.2) is 5.82 Å². The second-order valence-electron chi connectivity index (χ2n) is 4.93. The summed E-state index contributed by atoms with van der Waals surface area (Å²) < 4.78 is 14.3. The lowest BCUT2D eigenvalue weighted by Crippen LogP contribution is -2.07. The van der Waals surface area contributed by atoms with Crippen molar-refractivity contribution in [2.45, 2.75) is 19.3 Å². The van der Waals surface area contributed by atoms with E-state index in [1.807, 2.05) is 24.3 Å². The fourth-order valence-corrected chi connectivity index (χ4v) is 2.58. The van der Waals surface area contributed by atoms with Gasteiger partial charge >= 0.3 is 0 Å². The van der Waals surface area contributed by atoms with Crippen molar-refractivity contribution in [2.24, 2.45) is 0 Å². The fraction of sp³-hybridized carbons (Fsp3) is 0.235. The van der Waals surface area contributed by atoms with E-state index in [-0.39, 0.29) is 4.47 Å². The summed E-state index contributed by atoms with van der Waals surface area (Å²) in [6, 6.07) is 15.4. The van der Waals surface area contributed by atoms with Crippen molar-refractivity contribution in [3.63, 3.8) is 0 Å². The van der Waals surface area contributed by atoms with Crippen molar-refractivity contribution in [3.05, 3.63) is 63.9 Å². The molecule has 0 aliphatic carbocycles. The molecule has 21 heavy (non-hydrogen) atoms. The number of halogens is 2. The highest BCUT2D eigenvalue weighted by Crippen LogP contribution is 2.27. The van der Waals surface area contributed by atoms with Crippen molar-refractivity contribution in [3.8, 4) is 6.07 Å². The number of anilines is 1. The molecule has 0 spiro atoms. The van der Waals surface area contributed by atoms with Gasteiger partial charge in [-0.3, -0.25) is 0 Å². The maximum absolute atomic E-state index is 14.0. The second kappa shape index (κ2) is 7.24. The molecule has 2 aromatic rings. The summed E-state index contributed by atoms with van der Waals surface area (Å²) in [6.07, 6.45) is 0.904. The Morgan fingerprint density at radius 2 is 1.95 bits per heavy atom. The highest BCUT2D eigenvalue weighted by Gasteiger charge is 2.11. The monoisotopic (exact) mass is 346 g/mol. The van der Waals surface area contributed by atoms with E-state index in [9.17, 15) is 4.39 Å². The van der Waals surface area contributed by atoms with Gasteiger partial charge in [0.25, 0.3) is 0 Å². The van der Waals surface area contributed by atoms with E-state index in [2.05, 4.69) is 40.3 Å². The van der Waals surface area contributed by atoms with E-state index in [4.69, 9.17) is 5.26 Å². The van der Waals surface area contributed by atoms with Crippen LogP contribution in [0.3, 0.4) is 0 Å². The molecule has 2 nitrogen and oxygen atoms in total. The predicted octanol–water partition coefficient (Wildman–Crippen LogP) is 5.07. The van der Waals surface area contributed by atoms with E-state index >= 15 is 0 Å². The van der Waals surface area contributed by atoms with Crippen molar-refractivity contribution in [2.75, 3.05) is 11.9 Å². The van der Waals surface area contributed by atoms with Gasteiger partial charge in [0.05, 0.1) is 15.7 Å². The Hall–Kier alpha value is -1.86. The maximum Gasteiger partial charge on any atom is 0.161 e. The molecule has 0 bridgehead atoms. The molecule has 4 heteroatoms. The Labute approximate surface area is 132 Å². The van der Waals surface area contributed by atoms with Crippen LogP contribution >= 0.6 is 15.9 Å². The molecule has 0 aliphatic rings. The minimum absolute atomic E-state index is 0.214. The topological polar surface area (TPSA) is 35.8 Å². The fourth-order valence-electron chi connectivity index (χ4n) is 2.14. The van der Waals surface area contributed by atoms with Gasteiger partial charge in [0, 0.05) is 6.54 Å². The van der Waals surface area contributed by atoms with Gasteiger partial charge in [0.1, 0.15) is 6.07 Å². The van der Waals surface area contributed by atoms with Crippen LogP contribution in [0.2, 0.25) is 0 Å². The van der Waals surface area contributed by atoms with Crippen LogP contribution in [0.4, 0.5) is 10.1 Å². The molecule has 0 amide bonds. The maximum atomic E-state index is 14.0. The largest absolute Gasteiger partial charge is 0.383 e. The van der Waals surface area contributed by atoms with Gasteiger partial charge in [-0.2, -0.15) is 5.26 Å². The summed E-state index contributed by atoms with van der Waals surface area (Å²) >= 11 is 3.11. The third-order valence-electron chi connectivity index (χ3n) is 3.46. The molecular weight excluding hydrogens is 331 g/mol. The number of nitriles is 1. The average Bonchev–Trinajstić information content (AvgIpc) is 2.52. The Morgan fingerprint density at radius 1 is 1.24 bits per heavy atom. The van der Waals surface area contributed by atoms with Crippen LogP contribution in [0.25, 0.3) is 0 Å². The number of rotatable bonds is 5. The van der Waals surface area contributed by atoms with Crippen LogP contribution in [0.15, 0.2) is 46.9 Å². The molecule has 0 heterocycles. The van der Waals surface area contributed by atoms with Gasteiger partial charge in [-0.15, -0.1) is 0 Å². The van der Waals surface area contributed by atoms with Crippen LogP contribution in [0, 0.1) is 17.1 Å². The van der Waals surface area contributed by atoms with Crippen LogP contribution in [0.5, 0.6) is 0 Å². The van der Waals surface area contributed by atoms with Crippen molar-refractivity contribution in [1.29, 1.82) is 5.26 Å². The molecule has 0 saturated carbocycles. The van der Waals surface area contributed by atoms with E-state index in [1.165, 1.54) is 5.56 Å². The highest BCUT2D eigenvalue weighted by molar-refractivity contribution is 9.10. The molecule has 108 valence electrons. The molecule has 1 atom stereocenters. The molecule has 0 fully saturated rings. The normalized spacial score (nSPS) is 11.7. The van der Waals surface area contributed by atoms with Gasteiger partial charge in [-0.25, -0.2) is 4.39 Å². The third-order valence-corrected chi connectivity index (χ3v) is 4.24. The number of hydrogen-bond donors (Lipinski definition) is 1. The molecule has 2 aromatic carbocycles. The summed E-state index contributed by atoms with van der Waals surface area (Å²) in [7, 11) is 0. The molecular formula is C17H16BrFN2. The molecule has 1 N–H and O–H groups in total. The van der Waals surface area contributed by atoms with Crippen molar-refractivity contribution in [1.82, 2.24) is 0 Å². The Balaban J connectivity index is 1.95. The molecule has 2 rings (SSSR count). The summed E-state index contributed by atoms with van der Waals surface area (Å²) in [5, 5.41) is 11.9. The summed E-state index contributed by atoms with van der Waals surface area (Å²) in [5.74, 6) is -0.00926. The first kappa shape index (κ1) is 15.5. The van der Waals surface area contributed by atoms with Crippen LogP contribution < -0.4 is 5.32 Å². The Kier molecular flexibility index (Phi) is 5.35. The first-order chi connectivity index (χ1) is 10.1. The minimum Gasteiger partial charge on any atom is -0.383 e. The third kappa shape index (κ3) is 3.83. The summed E-state index contributed by atoms with van der Waals surface area (Å²) in [5.41, 5.74) is 2.00. The first-order valence-electron chi connectivity index (χ1n) is 6.80. The molecule has 1 unspecified atom stereocenters. The quantitative estimate of drug-likeness (QED) is 0.820. The van der Waals surface area contributed by atoms with Gasteiger partial charge in [-0.1, -0.05) is 37.3 Å². The Bertz CT molecular complexity index is 650. The van der Waals surface area contributed by atoms with Crippen molar-refractivity contribution < 1.29 is 4.39 Å². The predicted molar refractivity (Wildman–Crippen MR) is 86.8 cm³/mol. The lowest BCUT2D eigenvalue weighted by molar-refractivity contribution is 0.620. The zero-order valence-electron chi connectivity index (χ0n) is 11.7. The second-order valence-corrected chi connectivity index (χ2v) is 5.72. The molecule has 0 aromatic heterocycles. The zero-order valence-corrected chi connectivity index (χ0v) is 13.3. The number of benzene rings is 2. The number of nitrogens with one attached hydrogen (secondary N) is 1. The first-order valence-corrected chi connectivity index (χ1v) is 7.59. The van der Waals surface area contributed by atoms with E-state index in [0.717, 1.165) is 6.42 Å². The minimum atomic E-state index is -0.415. The van der Waals surface area contributed by atoms with E-state index in [0.29, 0.717) is 23.7 Å². The Morgan fingerprint density at radius 3 is 2.62 bits per heavy atom. The van der Waals surface area contributed by atoms with Crippen molar-refractivity contribution >= 4 is 21.6 Å².